The first kappa shape index (κ1) is 11.8. The Morgan fingerprint density at radius 2 is 2.05 bits per heavy atom. The third kappa shape index (κ3) is 1.53. The van der Waals surface area contributed by atoms with E-state index >= 15 is 0 Å². The van der Waals surface area contributed by atoms with Gasteiger partial charge in [-0.05, 0) is 0 Å². The van der Waals surface area contributed by atoms with Crippen LogP contribution in [0, 0.1) is 20.2 Å². The Bertz CT molecular complexity index is 806. The number of hydrogen-bond acceptors (Lipinski definition) is 7. The molecular weight excluding hydrogens is 274 g/mol. The molecule has 0 unspecified atom stereocenters. The molecule has 2 aromatic rings. The van der Waals surface area contributed by atoms with E-state index in [2.05, 4.69) is 10.2 Å². The zero-order chi connectivity index (χ0) is 14.4. The van der Waals surface area contributed by atoms with Gasteiger partial charge in [-0.15, -0.1) is 0 Å². The molecule has 2 heterocycles. The van der Waals surface area contributed by atoms with Crippen molar-refractivity contribution in [3.8, 4) is 11.4 Å². The van der Waals surface area contributed by atoms with E-state index < -0.39 is 26.9 Å². The quantitative estimate of drug-likeness (QED) is 0.612. The normalized spacial score (nSPS) is 12.2. The minimum atomic E-state index is -0.804. The Labute approximate surface area is 108 Å². The van der Waals surface area contributed by atoms with E-state index in [-0.39, 0.29) is 23.9 Å². The summed E-state index contributed by atoms with van der Waals surface area (Å²) in [7, 11) is 0. The number of fused-ring (bicyclic) bond motifs is 3. The number of nitrogens with one attached hydrogen (secondary N) is 1. The van der Waals surface area contributed by atoms with Crippen LogP contribution in [-0.2, 0) is 6.61 Å². The van der Waals surface area contributed by atoms with E-state index in [9.17, 15) is 25.0 Å². The number of nitro groups is 2. The number of ether oxygens (including phenoxy) is 1. The molecule has 1 aromatic carbocycles. The molecule has 0 atom stereocenters. The SMILES string of the molecule is O=c1[nH]nc2n1-c1cc([N+](=O)[O-])cc([N+](=O)[O-])c1OC2. The van der Waals surface area contributed by atoms with Crippen molar-refractivity contribution in [3.05, 3.63) is 48.7 Å². The first-order chi connectivity index (χ1) is 9.49. The molecule has 0 spiro atoms. The van der Waals surface area contributed by atoms with Crippen molar-refractivity contribution in [3.63, 3.8) is 0 Å². The molecule has 1 aromatic heterocycles. The van der Waals surface area contributed by atoms with Gasteiger partial charge in [0.05, 0.1) is 15.9 Å². The largest absolute Gasteiger partial charge is 0.477 e. The molecule has 0 bridgehead atoms. The topological polar surface area (TPSA) is 146 Å². The highest BCUT2D eigenvalue weighted by atomic mass is 16.6. The van der Waals surface area contributed by atoms with Crippen LogP contribution >= 0.6 is 0 Å². The highest BCUT2D eigenvalue weighted by Crippen LogP contribution is 2.39. The van der Waals surface area contributed by atoms with Gasteiger partial charge in [-0.25, -0.2) is 14.5 Å². The Morgan fingerprint density at radius 3 is 2.70 bits per heavy atom. The van der Waals surface area contributed by atoms with Crippen molar-refractivity contribution < 1.29 is 14.6 Å². The van der Waals surface area contributed by atoms with E-state index in [4.69, 9.17) is 4.74 Å². The first-order valence-corrected chi connectivity index (χ1v) is 5.25. The summed E-state index contributed by atoms with van der Waals surface area (Å²) in [5.74, 6) is -0.0195. The van der Waals surface area contributed by atoms with Crippen molar-refractivity contribution in [2.24, 2.45) is 0 Å². The van der Waals surface area contributed by atoms with Crippen LogP contribution in [0.15, 0.2) is 16.9 Å². The summed E-state index contributed by atoms with van der Waals surface area (Å²) in [6.07, 6.45) is 0. The molecule has 0 radical (unpaired) electrons. The van der Waals surface area contributed by atoms with Gasteiger partial charge in [-0.2, -0.15) is 5.10 Å². The van der Waals surface area contributed by atoms with Crippen LogP contribution in [-0.4, -0.2) is 24.6 Å². The van der Waals surface area contributed by atoms with Crippen molar-refractivity contribution in [2.75, 3.05) is 0 Å². The summed E-state index contributed by atoms with van der Waals surface area (Å²) in [5, 5.41) is 27.6. The van der Waals surface area contributed by atoms with E-state index in [1.165, 1.54) is 0 Å². The summed E-state index contributed by atoms with van der Waals surface area (Å²) < 4.78 is 6.20. The van der Waals surface area contributed by atoms with E-state index in [0.717, 1.165) is 16.7 Å². The monoisotopic (exact) mass is 279 g/mol. The minimum Gasteiger partial charge on any atom is -0.477 e. The van der Waals surface area contributed by atoms with Gasteiger partial charge in [-0.1, -0.05) is 0 Å². The van der Waals surface area contributed by atoms with Crippen LogP contribution in [0.4, 0.5) is 11.4 Å². The van der Waals surface area contributed by atoms with Crippen LogP contribution in [0.25, 0.3) is 5.69 Å². The van der Waals surface area contributed by atoms with Crippen molar-refractivity contribution in [1.82, 2.24) is 14.8 Å². The van der Waals surface area contributed by atoms with Gasteiger partial charge in [-0.3, -0.25) is 20.2 Å². The molecule has 102 valence electrons. The minimum absolute atomic E-state index is 0.0779. The molecule has 11 nitrogen and oxygen atoms in total. The van der Waals surface area contributed by atoms with E-state index in [0.29, 0.717) is 0 Å². The second-order valence-corrected chi connectivity index (χ2v) is 3.90. The fourth-order valence-electron chi connectivity index (χ4n) is 1.95. The lowest BCUT2D eigenvalue weighted by Crippen LogP contribution is -2.22. The standard InChI is InChI=1S/C9H5N5O6/c15-9-11-10-7-3-20-8-5(12(7)9)1-4(13(16)17)2-6(8)14(18)19/h1-2H,3H2,(H,11,15). The number of hydrogen-bond donors (Lipinski definition) is 1. The molecule has 11 heteroatoms. The molecule has 1 aliphatic rings. The van der Waals surface area contributed by atoms with Gasteiger partial charge >= 0.3 is 11.4 Å². The predicted octanol–water partition coefficient (Wildman–Crippen LogP) is 0.269. The molecule has 0 saturated heterocycles. The molecule has 0 fully saturated rings. The molecule has 0 aliphatic carbocycles. The number of aromatic nitrogens is 3. The third-order valence-corrected chi connectivity index (χ3v) is 2.77. The summed E-state index contributed by atoms with van der Waals surface area (Å²) in [6.45, 7) is -0.148. The van der Waals surface area contributed by atoms with Gasteiger partial charge in [0, 0.05) is 6.07 Å². The van der Waals surface area contributed by atoms with Gasteiger partial charge < -0.3 is 4.74 Å². The fraction of sp³-hybridized carbons (Fsp3) is 0.111. The Morgan fingerprint density at radius 1 is 1.30 bits per heavy atom. The highest BCUT2D eigenvalue weighted by Gasteiger charge is 2.31. The predicted molar refractivity (Wildman–Crippen MR) is 61.8 cm³/mol. The second kappa shape index (κ2) is 3.88. The van der Waals surface area contributed by atoms with Crippen molar-refractivity contribution in [2.45, 2.75) is 6.61 Å². The number of nitrogens with zero attached hydrogens (tertiary/aromatic N) is 4. The summed E-state index contributed by atoms with van der Waals surface area (Å²) in [5.41, 5.74) is -1.82. The molecule has 20 heavy (non-hydrogen) atoms. The van der Waals surface area contributed by atoms with Gasteiger partial charge in [0.1, 0.15) is 12.3 Å². The number of aromatic amines is 1. The third-order valence-electron chi connectivity index (χ3n) is 2.77. The maximum absolute atomic E-state index is 11.6. The summed E-state index contributed by atoms with van der Waals surface area (Å²) in [6, 6.07) is 1.82. The maximum atomic E-state index is 11.6. The maximum Gasteiger partial charge on any atom is 0.348 e. The fourth-order valence-corrected chi connectivity index (χ4v) is 1.95. The van der Waals surface area contributed by atoms with Crippen LogP contribution in [0.3, 0.4) is 0 Å². The van der Waals surface area contributed by atoms with Gasteiger partial charge in [0.15, 0.2) is 5.82 Å². The van der Waals surface area contributed by atoms with Crippen LogP contribution in [0.1, 0.15) is 5.82 Å². The lowest BCUT2D eigenvalue weighted by molar-refractivity contribution is -0.394. The van der Waals surface area contributed by atoms with Gasteiger partial charge in [0.2, 0.25) is 5.75 Å². The highest BCUT2D eigenvalue weighted by molar-refractivity contribution is 5.66. The average molecular weight is 279 g/mol. The molecule has 1 aliphatic heterocycles. The van der Waals surface area contributed by atoms with Crippen LogP contribution in [0.2, 0.25) is 0 Å². The molecular formula is C9H5N5O6. The Balaban J connectivity index is 2.38. The van der Waals surface area contributed by atoms with Crippen LogP contribution in [0.5, 0.6) is 5.75 Å². The second-order valence-electron chi connectivity index (χ2n) is 3.90. The average Bonchev–Trinajstić information content (AvgIpc) is 2.79. The molecule has 3 rings (SSSR count). The van der Waals surface area contributed by atoms with E-state index in [1.54, 1.807) is 0 Å². The molecule has 0 amide bonds. The van der Waals surface area contributed by atoms with Gasteiger partial charge in [0.25, 0.3) is 5.69 Å². The number of nitro benzene ring substituents is 2. The zero-order valence-corrected chi connectivity index (χ0v) is 9.60. The number of benzene rings is 1. The number of non-ortho nitro benzene ring substituents is 1. The van der Waals surface area contributed by atoms with Crippen molar-refractivity contribution in [1.29, 1.82) is 0 Å². The zero-order valence-electron chi connectivity index (χ0n) is 9.60. The Kier molecular flexibility index (Phi) is 2.29. The smallest absolute Gasteiger partial charge is 0.348 e. The van der Waals surface area contributed by atoms with Crippen molar-refractivity contribution >= 4 is 11.4 Å². The van der Waals surface area contributed by atoms with E-state index in [1.807, 2.05) is 0 Å². The first-order valence-electron chi connectivity index (χ1n) is 5.25. The number of H-pyrrole nitrogens is 1. The lowest BCUT2D eigenvalue weighted by atomic mass is 10.2. The number of rotatable bonds is 2. The Hall–Kier alpha value is -3.24. The lowest BCUT2D eigenvalue weighted by Gasteiger charge is -2.17. The molecule has 0 saturated carbocycles. The van der Waals surface area contributed by atoms with Crippen LogP contribution < -0.4 is 10.4 Å². The summed E-state index contributed by atoms with van der Waals surface area (Å²) in [4.78, 5) is 31.9. The molecule has 1 N–H and O–H groups in total. The summed E-state index contributed by atoms with van der Waals surface area (Å²) >= 11 is 0.